The van der Waals surface area contributed by atoms with E-state index in [-0.39, 0.29) is 12.0 Å². The zero-order valence-electron chi connectivity index (χ0n) is 9.26. The van der Waals surface area contributed by atoms with E-state index in [4.69, 9.17) is 16.7 Å². The van der Waals surface area contributed by atoms with Crippen molar-refractivity contribution < 1.29 is 9.90 Å². The number of carboxylic acids is 1. The van der Waals surface area contributed by atoms with E-state index >= 15 is 0 Å². The number of hydrogen-bond donors (Lipinski definition) is 2. The number of hydrogen-bond acceptors (Lipinski definition) is 5. The van der Waals surface area contributed by atoms with Crippen LogP contribution in [0, 0.1) is 5.92 Å². The summed E-state index contributed by atoms with van der Waals surface area (Å²) in [5.41, 5.74) is 2.18. The van der Waals surface area contributed by atoms with Gasteiger partial charge in [0.15, 0.2) is 0 Å². The van der Waals surface area contributed by atoms with Crippen LogP contribution in [0.25, 0.3) is 11.0 Å². The number of carbonyl (C=O) groups is 1. The molecule has 2 N–H and O–H groups in total. The number of carboxylic acid groups (broad SMARTS) is 1. The molecule has 0 bridgehead atoms. The van der Waals surface area contributed by atoms with E-state index in [1.165, 1.54) is 0 Å². The molecule has 2 unspecified atom stereocenters. The molecule has 1 aliphatic carbocycles. The lowest BCUT2D eigenvalue weighted by Crippen LogP contribution is -2.43. The first-order valence-corrected chi connectivity index (χ1v) is 6.68. The molecule has 1 aliphatic rings. The van der Waals surface area contributed by atoms with Gasteiger partial charge in [0.2, 0.25) is 0 Å². The Morgan fingerprint density at radius 1 is 1.44 bits per heavy atom. The predicted octanol–water partition coefficient (Wildman–Crippen LogP) is 2.62. The highest BCUT2D eigenvalue weighted by atomic mass is 35.5. The summed E-state index contributed by atoms with van der Waals surface area (Å²) < 4.78 is 8.34. The van der Waals surface area contributed by atoms with E-state index in [0.717, 1.165) is 23.7 Å². The molecular weight excluding hydrogens is 274 g/mol. The van der Waals surface area contributed by atoms with Crippen molar-refractivity contribution in [1.29, 1.82) is 0 Å². The first-order chi connectivity index (χ1) is 8.66. The molecule has 1 heterocycles. The maximum absolute atomic E-state index is 11.0. The van der Waals surface area contributed by atoms with Crippen molar-refractivity contribution in [2.75, 3.05) is 5.32 Å². The van der Waals surface area contributed by atoms with Gasteiger partial charge in [-0.05, 0) is 25.0 Å². The van der Waals surface area contributed by atoms with E-state index in [1.54, 1.807) is 6.07 Å². The molecule has 0 radical (unpaired) electrons. The molecule has 2 aromatic rings. The molecule has 7 heteroatoms. The first kappa shape index (κ1) is 11.7. The maximum Gasteiger partial charge on any atom is 0.308 e. The molecule has 2 atom stereocenters. The lowest BCUT2D eigenvalue weighted by atomic mass is 9.79. The van der Waals surface area contributed by atoms with Gasteiger partial charge in [-0.25, -0.2) is 0 Å². The molecule has 18 heavy (non-hydrogen) atoms. The van der Waals surface area contributed by atoms with Crippen LogP contribution in [0.4, 0.5) is 5.69 Å². The summed E-state index contributed by atoms with van der Waals surface area (Å²) in [7, 11) is 0. The third kappa shape index (κ3) is 1.81. The second-order valence-electron chi connectivity index (χ2n) is 4.33. The fourth-order valence-corrected chi connectivity index (χ4v) is 2.87. The smallest absolute Gasteiger partial charge is 0.308 e. The molecule has 1 aromatic carbocycles. The largest absolute Gasteiger partial charge is 0.481 e. The molecule has 0 amide bonds. The highest BCUT2D eigenvalue weighted by Gasteiger charge is 2.37. The standard InChI is InChI=1S/C11H10ClN3O2S/c12-6-2-4-8-10(15-18-14-8)9(6)13-7-3-1-5(7)11(16)17/h2,4-5,7,13H,1,3H2,(H,16,17). The van der Waals surface area contributed by atoms with Crippen molar-refractivity contribution in [2.24, 2.45) is 5.92 Å². The summed E-state index contributed by atoms with van der Waals surface area (Å²) in [5.74, 6) is -1.11. The number of fused-ring (bicyclic) bond motifs is 1. The third-order valence-corrected chi connectivity index (χ3v) is 4.16. The fraction of sp³-hybridized carbons (Fsp3) is 0.364. The van der Waals surface area contributed by atoms with E-state index in [1.807, 2.05) is 6.07 Å². The Bertz CT molecular complexity index is 615. The summed E-state index contributed by atoms with van der Waals surface area (Å²) in [6.45, 7) is 0. The summed E-state index contributed by atoms with van der Waals surface area (Å²) in [6, 6.07) is 3.48. The van der Waals surface area contributed by atoms with Crippen molar-refractivity contribution in [1.82, 2.24) is 8.75 Å². The molecule has 94 valence electrons. The summed E-state index contributed by atoms with van der Waals surface area (Å²) >= 11 is 7.26. The van der Waals surface area contributed by atoms with Crippen LogP contribution in [0.1, 0.15) is 12.8 Å². The number of halogens is 1. The van der Waals surface area contributed by atoms with Gasteiger partial charge in [0.1, 0.15) is 11.0 Å². The number of nitrogens with zero attached hydrogens (tertiary/aromatic N) is 2. The number of nitrogens with one attached hydrogen (secondary N) is 1. The average Bonchev–Trinajstić information content (AvgIpc) is 2.73. The zero-order valence-corrected chi connectivity index (χ0v) is 10.8. The second kappa shape index (κ2) is 4.37. The molecule has 0 aliphatic heterocycles. The lowest BCUT2D eigenvalue weighted by Gasteiger charge is -2.34. The quantitative estimate of drug-likeness (QED) is 0.906. The number of aromatic nitrogens is 2. The van der Waals surface area contributed by atoms with E-state index in [0.29, 0.717) is 22.6 Å². The van der Waals surface area contributed by atoms with Gasteiger partial charge in [-0.15, -0.1) is 0 Å². The van der Waals surface area contributed by atoms with Crippen LogP contribution >= 0.6 is 23.3 Å². The minimum atomic E-state index is -0.765. The third-order valence-electron chi connectivity index (χ3n) is 3.30. The van der Waals surface area contributed by atoms with E-state index in [9.17, 15) is 4.79 Å². The van der Waals surface area contributed by atoms with Crippen molar-refractivity contribution in [2.45, 2.75) is 18.9 Å². The van der Waals surface area contributed by atoms with Gasteiger partial charge in [0.05, 0.1) is 28.4 Å². The molecule has 1 saturated carbocycles. The normalized spacial score (nSPS) is 22.7. The molecule has 0 saturated heterocycles. The van der Waals surface area contributed by atoms with Gasteiger partial charge >= 0.3 is 5.97 Å². The van der Waals surface area contributed by atoms with Gasteiger partial charge < -0.3 is 10.4 Å². The van der Waals surface area contributed by atoms with Crippen LogP contribution in [-0.4, -0.2) is 25.9 Å². The molecule has 5 nitrogen and oxygen atoms in total. The second-order valence-corrected chi connectivity index (χ2v) is 5.26. The zero-order chi connectivity index (χ0) is 12.7. The minimum Gasteiger partial charge on any atom is -0.481 e. The Hall–Kier alpha value is -1.40. The van der Waals surface area contributed by atoms with Crippen molar-refractivity contribution in [3.8, 4) is 0 Å². The van der Waals surface area contributed by atoms with Crippen LogP contribution in [0.3, 0.4) is 0 Å². The lowest BCUT2D eigenvalue weighted by molar-refractivity contribution is -0.144. The van der Waals surface area contributed by atoms with Crippen LogP contribution < -0.4 is 5.32 Å². The molecule has 3 rings (SSSR count). The number of benzene rings is 1. The van der Waals surface area contributed by atoms with Gasteiger partial charge in [-0.2, -0.15) is 8.75 Å². The number of anilines is 1. The monoisotopic (exact) mass is 283 g/mol. The molecular formula is C11H10ClN3O2S. The Kier molecular flexibility index (Phi) is 2.83. The van der Waals surface area contributed by atoms with Crippen LogP contribution in [0.2, 0.25) is 5.02 Å². The fourth-order valence-electron chi connectivity index (χ4n) is 2.12. The maximum atomic E-state index is 11.0. The average molecular weight is 284 g/mol. The van der Waals surface area contributed by atoms with Crippen molar-refractivity contribution >= 4 is 46.0 Å². The molecule has 0 spiro atoms. The van der Waals surface area contributed by atoms with Gasteiger partial charge in [-0.3, -0.25) is 4.79 Å². The molecule has 1 fully saturated rings. The Balaban J connectivity index is 1.92. The van der Waals surface area contributed by atoms with Crippen molar-refractivity contribution in [3.63, 3.8) is 0 Å². The topological polar surface area (TPSA) is 75.1 Å². The van der Waals surface area contributed by atoms with E-state index in [2.05, 4.69) is 14.1 Å². The summed E-state index contributed by atoms with van der Waals surface area (Å²) in [4.78, 5) is 11.0. The van der Waals surface area contributed by atoms with Crippen LogP contribution in [0.15, 0.2) is 12.1 Å². The van der Waals surface area contributed by atoms with Gasteiger partial charge in [0, 0.05) is 6.04 Å². The number of aliphatic carboxylic acids is 1. The van der Waals surface area contributed by atoms with Crippen LogP contribution in [0.5, 0.6) is 0 Å². The van der Waals surface area contributed by atoms with Crippen LogP contribution in [-0.2, 0) is 4.79 Å². The van der Waals surface area contributed by atoms with E-state index < -0.39 is 5.97 Å². The van der Waals surface area contributed by atoms with Crippen molar-refractivity contribution in [3.05, 3.63) is 17.2 Å². The predicted molar refractivity (Wildman–Crippen MR) is 70.2 cm³/mol. The van der Waals surface area contributed by atoms with Gasteiger partial charge in [-0.1, -0.05) is 11.6 Å². The Morgan fingerprint density at radius 3 is 2.94 bits per heavy atom. The SMILES string of the molecule is O=C(O)C1CCC1Nc1c(Cl)ccc2nsnc12. The highest BCUT2D eigenvalue weighted by Crippen LogP contribution is 2.36. The Morgan fingerprint density at radius 2 is 2.28 bits per heavy atom. The first-order valence-electron chi connectivity index (χ1n) is 5.57. The van der Waals surface area contributed by atoms with Gasteiger partial charge in [0.25, 0.3) is 0 Å². The summed E-state index contributed by atoms with van der Waals surface area (Å²) in [6.07, 6.45) is 1.54. The number of rotatable bonds is 3. The minimum absolute atomic E-state index is 0.0766. The Labute approximate surface area is 112 Å². The molecule has 1 aromatic heterocycles. The summed E-state index contributed by atoms with van der Waals surface area (Å²) in [5, 5.41) is 12.8. The highest BCUT2D eigenvalue weighted by molar-refractivity contribution is 7.00.